The number of nitrogens with zero attached hydrogens (tertiary/aromatic N) is 4. The summed E-state index contributed by atoms with van der Waals surface area (Å²) in [5.41, 5.74) is 9.22. The number of rotatable bonds is 2. The minimum atomic E-state index is 0.459. The third-order valence-corrected chi connectivity index (χ3v) is 2.63. The fourth-order valence-electron chi connectivity index (χ4n) is 1.73. The Hall–Kier alpha value is -1.88. The molecule has 0 aliphatic heterocycles. The van der Waals surface area contributed by atoms with Crippen LogP contribution in [0.25, 0.3) is 11.5 Å². The molecule has 0 aliphatic carbocycles. The summed E-state index contributed by atoms with van der Waals surface area (Å²) >= 11 is 0. The van der Waals surface area contributed by atoms with Gasteiger partial charge in [-0.1, -0.05) is 0 Å². The number of aromatic nitrogens is 4. The van der Waals surface area contributed by atoms with E-state index in [9.17, 15) is 0 Å². The van der Waals surface area contributed by atoms with Gasteiger partial charge >= 0.3 is 0 Å². The van der Waals surface area contributed by atoms with Crippen LogP contribution in [0.2, 0.25) is 0 Å². The summed E-state index contributed by atoms with van der Waals surface area (Å²) in [7, 11) is 0. The number of hydrogen-bond donors (Lipinski definition) is 1. The molecule has 2 aromatic heterocycles. The summed E-state index contributed by atoms with van der Waals surface area (Å²) in [6, 6.07) is 1.81. The Morgan fingerprint density at radius 1 is 1.06 bits per heavy atom. The lowest BCUT2D eigenvalue weighted by Crippen LogP contribution is -2.08. The minimum Gasteiger partial charge on any atom is -0.326 e. The molecule has 0 aromatic carbocycles. The Balaban J connectivity index is 2.54. The quantitative estimate of drug-likeness (QED) is 0.840. The molecule has 0 bridgehead atoms. The average molecular weight is 229 g/mol. The molecule has 2 heterocycles. The van der Waals surface area contributed by atoms with E-state index in [-0.39, 0.29) is 0 Å². The van der Waals surface area contributed by atoms with Crippen LogP contribution in [0.4, 0.5) is 0 Å². The highest BCUT2D eigenvalue weighted by atomic mass is 15.0. The van der Waals surface area contributed by atoms with E-state index in [0.717, 1.165) is 22.6 Å². The van der Waals surface area contributed by atoms with E-state index in [2.05, 4.69) is 19.9 Å². The second-order valence-electron chi connectivity index (χ2n) is 3.89. The van der Waals surface area contributed by atoms with Gasteiger partial charge in [0.2, 0.25) is 0 Å². The predicted molar refractivity (Wildman–Crippen MR) is 65.2 cm³/mol. The first kappa shape index (κ1) is 11.6. The topological polar surface area (TPSA) is 77.6 Å². The highest BCUT2D eigenvalue weighted by Crippen LogP contribution is 2.16. The number of nitrogens with two attached hydrogens (primary N) is 1. The predicted octanol–water partition coefficient (Wildman–Crippen LogP) is 1.32. The summed E-state index contributed by atoms with van der Waals surface area (Å²) in [4.78, 5) is 17.2. The summed E-state index contributed by atoms with van der Waals surface area (Å²) < 4.78 is 0. The molecule has 5 heteroatoms. The summed E-state index contributed by atoms with van der Waals surface area (Å²) in [5, 5.41) is 0. The van der Waals surface area contributed by atoms with Crippen molar-refractivity contribution >= 4 is 0 Å². The number of aryl methyl sites for hydroxylation is 3. The first-order chi connectivity index (χ1) is 8.11. The zero-order valence-electron chi connectivity index (χ0n) is 10.2. The molecular formula is C12H15N5. The van der Waals surface area contributed by atoms with Gasteiger partial charge in [-0.15, -0.1) is 0 Å². The van der Waals surface area contributed by atoms with Crippen molar-refractivity contribution in [2.24, 2.45) is 5.73 Å². The van der Waals surface area contributed by atoms with Gasteiger partial charge < -0.3 is 5.73 Å². The molecule has 0 atom stereocenters. The normalized spacial score (nSPS) is 10.6. The van der Waals surface area contributed by atoms with Gasteiger partial charge in [0.05, 0.1) is 0 Å². The van der Waals surface area contributed by atoms with Crippen molar-refractivity contribution in [2.45, 2.75) is 27.3 Å². The van der Waals surface area contributed by atoms with E-state index < -0.39 is 0 Å². The monoisotopic (exact) mass is 229 g/mol. The van der Waals surface area contributed by atoms with Gasteiger partial charge in [-0.2, -0.15) is 0 Å². The van der Waals surface area contributed by atoms with Crippen LogP contribution in [-0.4, -0.2) is 19.9 Å². The standard InChI is InChI=1S/C12H15N5/c1-7-10(6-13)8(2)16-12(15-7)11-4-5-14-9(3)17-11/h4-5H,6,13H2,1-3H3. The maximum absolute atomic E-state index is 5.66. The Labute approximate surface area is 100 Å². The van der Waals surface area contributed by atoms with E-state index in [1.165, 1.54) is 0 Å². The largest absolute Gasteiger partial charge is 0.326 e. The molecule has 0 amide bonds. The van der Waals surface area contributed by atoms with Crippen molar-refractivity contribution in [2.75, 3.05) is 0 Å². The first-order valence-corrected chi connectivity index (χ1v) is 5.46. The molecule has 0 fully saturated rings. The molecule has 5 nitrogen and oxygen atoms in total. The van der Waals surface area contributed by atoms with Gasteiger partial charge in [-0.3, -0.25) is 0 Å². The summed E-state index contributed by atoms with van der Waals surface area (Å²) in [6.45, 7) is 6.18. The van der Waals surface area contributed by atoms with E-state index in [1.807, 2.05) is 26.8 Å². The number of hydrogen-bond acceptors (Lipinski definition) is 5. The zero-order valence-corrected chi connectivity index (χ0v) is 10.2. The fraction of sp³-hybridized carbons (Fsp3) is 0.333. The second kappa shape index (κ2) is 4.55. The van der Waals surface area contributed by atoms with Crippen LogP contribution >= 0.6 is 0 Å². The highest BCUT2D eigenvalue weighted by molar-refractivity contribution is 5.49. The van der Waals surface area contributed by atoms with Gasteiger partial charge in [0.25, 0.3) is 0 Å². The van der Waals surface area contributed by atoms with Crippen molar-refractivity contribution in [1.29, 1.82) is 0 Å². The molecule has 0 radical (unpaired) electrons. The van der Waals surface area contributed by atoms with Crippen LogP contribution in [-0.2, 0) is 6.54 Å². The third kappa shape index (κ3) is 2.29. The molecule has 88 valence electrons. The molecule has 17 heavy (non-hydrogen) atoms. The van der Waals surface area contributed by atoms with Crippen LogP contribution in [0, 0.1) is 20.8 Å². The van der Waals surface area contributed by atoms with Crippen LogP contribution in [0.15, 0.2) is 12.3 Å². The SMILES string of the molecule is Cc1nccc(-c2nc(C)c(CN)c(C)n2)n1. The third-order valence-electron chi connectivity index (χ3n) is 2.63. The van der Waals surface area contributed by atoms with E-state index in [1.54, 1.807) is 6.20 Å². The van der Waals surface area contributed by atoms with Gasteiger partial charge in [0.15, 0.2) is 5.82 Å². The smallest absolute Gasteiger partial charge is 0.178 e. The lowest BCUT2D eigenvalue weighted by atomic mass is 10.1. The van der Waals surface area contributed by atoms with Gasteiger partial charge in [-0.25, -0.2) is 19.9 Å². The maximum Gasteiger partial charge on any atom is 0.178 e. The van der Waals surface area contributed by atoms with Gasteiger partial charge in [0.1, 0.15) is 11.5 Å². The van der Waals surface area contributed by atoms with E-state index in [4.69, 9.17) is 5.73 Å². The lowest BCUT2D eigenvalue weighted by Gasteiger charge is -2.08. The molecule has 0 saturated heterocycles. The van der Waals surface area contributed by atoms with Crippen LogP contribution in [0.5, 0.6) is 0 Å². The van der Waals surface area contributed by atoms with Gasteiger partial charge in [-0.05, 0) is 26.8 Å². The first-order valence-electron chi connectivity index (χ1n) is 5.46. The molecule has 0 aliphatic rings. The van der Waals surface area contributed by atoms with E-state index in [0.29, 0.717) is 18.2 Å². The van der Waals surface area contributed by atoms with Gasteiger partial charge in [0, 0.05) is 29.7 Å². The molecular weight excluding hydrogens is 214 g/mol. The Morgan fingerprint density at radius 3 is 2.24 bits per heavy atom. The maximum atomic E-state index is 5.66. The Morgan fingerprint density at radius 2 is 1.71 bits per heavy atom. The van der Waals surface area contributed by atoms with Crippen LogP contribution < -0.4 is 5.73 Å². The van der Waals surface area contributed by atoms with Crippen LogP contribution in [0.3, 0.4) is 0 Å². The molecule has 0 unspecified atom stereocenters. The Kier molecular flexibility index (Phi) is 3.10. The highest BCUT2D eigenvalue weighted by Gasteiger charge is 2.09. The molecule has 0 spiro atoms. The minimum absolute atomic E-state index is 0.459. The van der Waals surface area contributed by atoms with Crippen molar-refractivity contribution in [3.8, 4) is 11.5 Å². The molecule has 0 saturated carbocycles. The second-order valence-corrected chi connectivity index (χ2v) is 3.89. The van der Waals surface area contributed by atoms with Crippen molar-refractivity contribution in [1.82, 2.24) is 19.9 Å². The van der Waals surface area contributed by atoms with Crippen LogP contribution in [0.1, 0.15) is 22.8 Å². The summed E-state index contributed by atoms with van der Waals surface area (Å²) in [5.74, 6) is 1.34. The Bertz CT molecular complexity index is 527. The average Bonchev–Trinajstić information content (AvgIpc) is 2.28. The summed E-state index contributed by atoms with van der Waals surface area (Å²) in [6.07, 6.45) is 1.71. The molecule has 2 rings (SSSR count). The van der Waals surface area contributed by atoms with Crippen molar-refractivity contribution < 1.29 is 0 Å². The van der Waals surface area contributed by atoms with E-state index >= 15 is 0 Å². The zero-order chi connectivity index (χ0) is 12.4. The van der Waals surface area contributed by atoms with Crippen molar-refractivity contribution in [3.05, 3.63) is 35.0 Å². The molecule has 2 aromatic rings. The molecule has 2 N–H and O–H groups in total. The lowest BCUT2D eigenvalue weighted by molar-refractivity contribution is 0.929. The van der Waals surface area contributed by atoms with Crippen molar-refractivity contribution in [3.63, 3.8) is 0 Å². The fourth-order valence-corrected chi connectivity index (χ4v) is 1.73.